The Labute approximate surface area is 382 Å². The zero-order chi connectivity index (χ0) is 44.7. The fourth-order valence-electron chi connectivity index (χ4n) is 8.19. The molecule has 2 fully saturated rings. The molecule has 18 heteroatoms. The van der Waals surface area contributed by atoms with Crippen LogP contribution in [0.25, 0.3) is 31.8 Å². The highest BCUT2D eigenvalue weighted by molar-refractivity contribution is 7.22. The average Bonchev–Trinajstić information content (AvgIpc) is 3.66. The summed E-state index contributed by atoms with van der Waals surface area (Å²) in [6, 6.07) is 13.1. The third-order valence-electron chi connectivity index (χ3n) is 11.9. The summed E-state index contributed by atoms with van der Waals surface area (Å²) in [5, 5.41) is 11.9. The van der Waals surface area contributed by atoms with E-state index < -0.39 is 29.6 Å². The van der Waals surface area contributed by atoms with Crippen molar-refractivity contribution in [3.63, 3.8) is 0 Å². The van der Waals surface area contributed by atoms with E-state index in [0.717, 1.165) is 26.2 Å². The Hall–Kier alpha value is -5.20. The molecule has 0 aliphatic carbocycles. The number of hydrogen-bond donors (Lipinski definition) is 1. The molecule has 3 aromatic carbocycles. The van der Waals surface area contributed by atoms with Crippen molar-refractivity contribution in [3.8, 4) is 44.7 Å². The van der Waals surface area contributed by atoms with E-state index in [4.69, 9.17) is 56.6 Å². The lowest BCUT2D eigenvalue weighted by Gasteiger charge is -2.38. The fourth-order valence-corrected chi connectivity index (χ4v) is 9.85. The Morgan fingerprint density at radius 2 is 1.73 bits per heavy atom. The summed E-state index contributed by atoms with van der Waals surface area (Å²) in [5.74, 6) is 0.0251. The predicted octanol–water partition coefficient (Wildman–Crippen LogP) is 7.79. The Balaban J connectivity index is 1.17. The van der Waals surface area contributed by atoms with Crippen LogP contribution in [0.1, 0.15) is 28.2 Å². The highest BCUT2D eigenvalue weighted by Gasteiger charge is 2.43. The zero-order valence-corrected chi connectivity index (χ0v) is 37.9. The summed E-state index contributed by atoms with van der Waals surface area (Å²) >= 11 is 16.0. The normalized spacial score (nSPS) is 19.0. The monoisotopic (exact) mass is 930 g/mol. The molecule has 1 N–H and O–H groups in total. The quantitative estimate of drug-likeness (QED) is 0.150. The number of carbonyl (C=O) groups is 1. The maximum Gasteiger partial charge on any atom is 0.345 e. The lowest BCUT2D eigenvalue weighted by atomic mass is 9.92. The first kappa shape index (κ1) is 44.0. The van der Waals surface area contributed by atoms with E-state index in [1.165, 1.54) is 29.8 Å². The summed E-state index contributed by atoms with van der Waals surface area (Å²) in [6.45, 7) is 8.54. The van der Waals surface area contributed by atoms with Crippen molar-refractivity contribution in [1.82, 2.24) is 29.7 Å². The second kappa shape index (κ2) is 18.4. The van der Waals surface area contributed by atoms with Gasteiger partial charge in [0.15, 0.2) is 17.2 Å². The highest BCUT2D eigenvalue weighted by atomic mass is 35.5. The van der Waals surface area contributed by atoms with Crippen LogP contribution in [0.4, 0.5) is 4.39 Å². The van der Waals surface area contributed by atoms with Crippen LogP contribution in [-0.2, 0) is 32.9 Å². The van der Waals surface area contributed by atoms with Gasteiger partial charge in [-0.05, 0) is 79.5 Å². The molecule has 2 saturated heterocycles. The van der Waals surface area contributed by atoms with E-state index >= 15 is 0 Å². The fraction of sp³-hybridized carbons (Fsp3) is 0.370. The van der Waals surface area contributed by atoms with Crippen LogP contribution >= 0.6 is 34.5 Å². The molecule has 6 aromatic rings. The number of carboxylic acid groups (broad SMARTS) is 1. The van der Waals surface area contributed by atoms with Crippen LogP contribution in [0.5, 0.6) is 23.1 Å². The van der Waals surface area contributed by atoms with Gasteiger partial charge in [-0.3, -0.25) is 4.90 Å². The first-order valence-electron chi connectivity index (χ1n) is 20.7. The van der Waals surface area contributed by atoms with Gasteiger partial charge >= 0.3 is 5.97 Å². The van der Waals surface area contributed by atoms with E-state index in [9.17, 15) is 14.3 Å². The molecule has 0 unspecified atom stereocenters. The van der Waals surface area contributed by atoms with Gasteiger partial charge in [-0.15, -0.1) is 11.3 Å². The molecule has 4 aliphatic rings. The number of thiophene rings is 1. The third kappa shape index (κ3) is 8.67. The first-order valence-corrected chi connectivity index (χ1v) is 22.3. The highest BCUT2D eigenvalue weighted by Crippen LogP contribution is 2.53. The summed E-state index contributed by atoms with van der Waals surface area (Å²) in [6.07, 6.45) is 0.816. The number of aliphatic carboxylic acids is 1. The molecule has 7 heterocycles. The molecule has 14 nitrogen and oxygen atoms in total. The predicted molar refractivity (Wildman–Crippen MR) is 240 cm³/mol. The van der Waals surface area contributed by atoms with Gasteiger partial charge in [-0.25, -0.2) is 29.1 Å². The van der Waals surface area contributed by atoms with Crippen molar-refractivity contribution in [3.05, 3.63) is 105 Å². The van der Waals surface area contributed by atoms with Gasteiger partial charge in [-0.1, -0.05) is 35.3 Å². The van der Waals surface area contributed by atoms with Crippen LogP contribution in [0.15, 0.2) is 61.1 Å². The van der Waals surface area contributed by atoms with Crippen LogP contribution in [0.2, 0.25) is 10.0 Å². The Bertz CT molecular complexity index is 2680. The molecule has 0 radical (unpaired) electrons. The third-order valence-corrected chi connectivity index (χ3v) is 14.0. The molecule has 3 aromatic heterocycles. The number of nitrogens with zero attached hydrogens (tertiary/aromatic N) is 6. The number of carboxylic acids is 1. The van der Waals surface area contributed by atoms with Gasteiger partial charge in [0.05, 0.1) is 34.3 Å². The Morgan fingerprint density at radius 3 is 2.42 bits per heavy atom. The van der Waals surface area contributed by atoms with E-state index in [2.05, 4.69) is 31.8 Å². The minimum absolute atomic E-state index is 0.0235. The van der Waals surface area contributed by atoms with Gasteiger partial charge < -0.3 is 38.4 Å². The molecule has 2 atom stereocenters. The number of hydrogen-bond acceptors (Lipinski definition) is 14. The number of methoxy groups -OCH3 is 1. The van der Waals surface area contributed by atoms with Gasteiger partial charge in [0.1, 0.15) is 47.8 Å². The van der Waals surface area contributed by atoms with E-state index in [-0.39, 0.29) is 25.5 Å². The van der Waals surface area contributed by atoms with Crippen molar-refractivity contribution in [2.24, 2.45) is 0 Å². The van der Waals surface area contributed by atoms with Crippen molar-refractivity contribution >= 4 is 50.7 Å². The van der Waals surface area contributed by atoms with E-state index in [1.807, 2.05) is 13.8 Å². The van der Waals surface area contributed by atoms with Crippen molar-refractivity contribution in [1.29, 1.82) is 0 Å². The summed E-state index contributed by atoms with van der Waals surface area (Å²) in [4.78, 5) is 37.4. The van der Waals surface area contributed by atoms with Crippen LogP contribution in [0.3, 0.4) is 0 Å². The van der Waals surface area contributed by atoms with Crippen molar-refractivity contribution < 1.29 is 42.7 Å². The van der Waals surface area contributed by atoms with Crippen LogP contribution in [-0.4, -0.2) is 120 Å². The van der Waals surface area contributed by atoms with Crippen molar-refractivity contribution in [2.45, 2.75) is 44.7 Å². The van der Waals surface area contributed by atoms with Crippen LogP contribution < -0.4 is 18.9 Å². The number of benzene rings is 3. The molecule has 0 spiro atoms. The maximum atomic E-state index is 14.3. The number of halogens is 3. The smallest absolute Gasteiger partial charge is 0.345 e. The average molecular weight is 932 g/mol. The number of rotatable bonds is 9. The molecule has 64 heavy (non-hydrogen) atoms. The number of piperazine rings is 1. The minimum Gasteiger partial charge on any atom is -0.490 e. The number of aromatic nitrogens is 4. The largest absolute Gasteiger partial charge is 0.490 e. The Kier molecular flexibility index (Phi) is 12.6. The molecule has 334 valence electrons. The minimum atomic E-state index is -1.47. The molecule has 4 aliphatic heterocycles. The van der Waals surface area contributed by atoms with E-state index in [0.29, 0.717) is 107 Å². The molecular formula is C46H45Cl2FN6O8S. The van der Waals surface area contributed by atoms with Crippen molar-refractivity contribution in [2.75, 3.05) is 66.7 Å². The maximum absolute atomic E-state index is 14.3. The molecule has 4 bridgehead atoms. The van der Waals surface area contributed by atoms with Gasteiger partial charge in [0.25, 0.3) is 0 Å². The van der Waals surface area contributed by atoms with E-state index in [1.54, 1.807) is 49.7 Å². The molecular weight excluding hydrogens is 887 g/mol. The number of likely N-dealkylation sites (N-methyl/N-ethyl adjacent to an activating group) is 1. The molecule has 0 saturated carbocycles. The first-order chi connectivity index (χ1) is 30.9. The molecule has 10 rings (SSSR count). The zero-order valence-electron chi connectivity index (χ0n) is 35.5. The molecule has 0 amide bonds. The second-order valence-corrected chi connectivity index (χ2v) is 17.9. The summed E-state index contributed by atoms with van der Waals surface area (Å²) in [5.41, 5.74) is 3.60. The van der Waals surface area contributed by atoms with Gasteiger partial charge in [-0.2, -0.15) is 0 Å². The van der Waals surface area contributed by atoms with Crippen LogP contribution in [0, 0.1) is 19.7 Å². The lowest BCUT2D eigenvalue weighted by Crippen LogP contribution is -2.49. The summed E-state index contributed by atoms with van der Waals surface area (Å²) in [7, 11) is 3.70. The topological polar surface area (TPSA) is 151 Å². The summed E-state index contributed by atoms with van der Waals surface area (Å²) < 4.78 is 51.6. The SMILES string of the molecule is COC1(c2nccc(COc3ccc4cc3C[C@H](C(=O)O)Oc3ncnc5sc(-c6ccc(F)cc6)c(c35)-c3c(C)c(Cl)c(c(Cl)c3C)O[C@H](CN3CCN(C)CC3)CO4)n2)COC1. The second-order valence-electron chi connectivity index (χ2n) is 16.2. The van der Waals surface area contributed by atoms with Gasteiger partial charge in [0, 0.05) is 68.5 Å². The Morgan fingerprint density at radius 1 is 0.984 bits per heavy atom. The standard InChI is InChI=1S/C46H45Cl2FN6O8S/c1-25-35-26(2)39(48)40(38(25)47)62-32(19-55-15-13-54(3)14-16-55)21-60-31-9-10-33(61-20-30-11-12-50-45(53-30)46(58-4)22-59-23-46)28(17-31)18-34(44(56)57)63-42-37-36(35)41(64-43(37)52-24-51-42)27-5-7-29(49)8-6-27/h5-12,17,24,32,34H,13-16,18-23H2,1-4H3,(H,56,57)/t32-,34-/m1/s1. The lowest BCUT2D eigenvalue weighted by molar-refractivity contribution is -0.207. The van der Waals surface area contributed by atoms with Gasteiger partial charge in [0.2, 0.25) is 12.0 Å². The number of fused-ring (bicyclic) bond motifs is 7. The number of ether oxygens (including phenoxy) is 6.